The molecule has 0 atom stereocenters. The van der Waals surface area contributed by atoms with Gasteiger partial charge in [0.1, 0.15) is 11.8 Å². The molecule has 1 rings (SSSR count). The van der Waals surface area contributed by atoms with Crippen LogP contribution in [0.4, 0.5) is 0 Å². The van der Waals surface area contributed by atoms with E-state index < -0.39 is 5.97 Å². The van der Waals surface area contributed by atoms with Crippen LogP contribution >= 0.6 is 11.6 Å². The van der Waals surface area contributed by atoms with Crippen molar-refractivity contribution in [3.8, 4) is 0 Å². The molecule has 1 heterocycles. The highest BCUT2D eigenvalue weighted by Gasteiger charge is 2.08. The topological polar surface area (TPSA) is 70.5 Å². The summed E-state index contributed by atoms with van der Waals surface area (Å²) in [7, 11) is 0. The Bertz CT molecular complexity index is 359. The van der Waals surface area contributed by atoms with Gasteiger partial charge < -0.3 is 14.2 Å². The summed E-state index contributed by atoms with van der Waals surface area (Å²) in [5.74, 6) is -0.549. The van der Waals surface area contributed by atoms with Crippen LogP contribution in [0.1, 0.15) is 17.4 Å². The van der Waals surface area contributed by atoms with E-state index in [1.807, 2.05) is 6.92 Å². The average molecular weight is 275 g/mol. The summed E-state index contributed by atoms with van der Waals surface area (Å²) in [6, 6.07) is 0. The number of aromatic nitrogens is 2. The van der Waals surface area contributed by atoms with Gasteiger partial charge in [0.05, 0.1) is 32.2 Å². The fraction of sp³-hybridized carbons (Fsp3) is 0.545. The number of nitrogens with zero attached hydrogens (tertiary/aromatic N) is 2. The summed E-state index contributed by atoms with van der Waals surface area (Å²) in [4.78, 5) is 19.0. The molecule has 100 valence electrons. The fourth-order valence-electron chi connectivity index (χ4n) is 1.05. The molecule has 0 radical (unpaired) electrons. The normalized spacial score (nSPS) is 10.3. The van der Waals surface area contributed by atoms with Gasteiger partial charge >= 0.3 is 5.97 Å². The molecule has 0 bridgehead atoms. The number of hydrogen-bond donors (Lipinski definition) is 0. The van der Waals surface area contributed by atoms with Gasteiger partial charge in [0.2, 0.25) is 0 Å². The highest BCUT2D eigenvalue weighted by Crippen LogP contribution is 2.02. The third-order valence-electron chi connectivity index (χ3n) is 1.87. The quantitative estimate of drug-likeness (QED) is 0.526. The van der Waals surface area contributed by atoms with Crippen molar-refractivity contribution < 1.29 is 19.0 Å². The maximum absolute atomic E-state index is 11.4. The lowest BCUT2D eigenvalue weighted by Crippen LogP contribution is -2.14. The van der Waals surface area contributed by atoms with Crippen molar-refractivity contribution in [2.24, 2.45) is 0 Å². The summed E-state index contributed by atoms with van der Waals surface area (Å²) >= 11 is 5.55. The summed E-state index contributed by atoms with van der Waals surface area (Å²) in [6.07, 6.45) is 2.55. The second-order valence-corrected chi connectivity index (χ2v) is 3.56. The molecule has 0 aliphatic carbocycles. The monoisotopic (exact) mass is 274 g/mol. The first-order chi connectivity index (χ1) is 8.74. The first-order valence-corrected chi connectivity index (χ1v) is 5.92. The number of rotatable bonds is 8. The van der Waals surface area contributed by atoms with Crippen molar-refractivity contribution in [2.75, 3.05) is 33.0 Å². The van der Waals surface area contributed by atoms with Crippen LogP contribution < -0.4 is 0 Å². The molecule has 0 saturated carbocycles. The largest absolute Gasteiger partial charge is 0.458 e. The zero-order chi connectivity index (χ0) is 13.2. The molecule has 6 nitrogen and oxygen atoms in total. The minimum atomic E-state index is -0.549. The average Bonchev–Trinajstić information content (AvgIpc) is 2.38. The van der Waals surface area contributed by atoms with Crippen LogP contribution in [0.5, 0.6) is 0 Å². The Hall–Kier alpha value is -1.24. The summed E-state index contributed by atoms with van der Waals surface area (Å²) in [6.45, 7) is 4.07. The zero-order valence-corrected chi connectivity index (χ0v) is 10.9. The number of halogens is 1. The zero-order valence-electron chi connectivity index (χ0n) is 10.1. The van der Waals surface area contributed by atoms with Crippen molar-refractivity contribution in [1.29, 1.82) is 0 Å². The van der Waals surface area contributed by atoms with Crippen molar-refractivity contribution >= 4 is 17.6 Å². The van der Waals surface area contributed by atoms with Gasteiger partial charge in [-0.2, -0.15) is 0 Å². The van der Waals surface area contributed by atoms with Crippen LogP contribution in [0.25, 0.3) is 0 Å². The molecule has 0 aromatic carbocycles. The molecule has 7 heteroatoms. The predicted octanol–water partition coefficient (Wildman–Crippen LogP) is 1.34. The Labute approximate surface area is 110 Å². The predicted molar refractivity (Wildman–Crippen MR) is 64.6 cm³/mol. The number of carbonyl (C=O) groups is 1. The van der Waals surface area contributed by atoms with E-state index in [-0.39, 0.29) is 17.5 Å². The van der Waals surface area contributed by atoms with Gasteiger partial charge in [-0.15, -0.1) is 0 Å². The highest BCUT2D eigenvalue weighted by molar-refractivity contribution is 6.29. The Morgan fingerprint density at radius 3 is 2.56 bits per heavy atom. The third kappa shape index (κ3) is 5.90. The Morgan fingerprint density at radius 1 is 1.17 bits per heavy atom. The molecule has 0 unspecified atom stereocenters. The molecular formula is C11H15ClN2O4. The van der Waals surface area contributed by atoms with Crippen molar-refractivity contribution in [3.05, 3.63) is 23.2 Å². The summed E-state index contributed by atoms with van der Waals surface area (Å²) in [5, 5.41) is 0.228. The fourth-order valence-corrected chi connectivity index (χ4v) is 1.15. The summed E-state index contributed by atoms with van der Waals surface area (Å²) in [5.41, 5.74) is 0.119. The first kappa shape index (κ1) is 14.8. The van der Waals surface area contributed by atoms with Gasteiger partial charge in [-0.25, -0.2) is 14.8 Å². The maximum Gasteiger partial charge on any atom is 0.358 e. The van der Waals surface area contributed by atoms with Gasteiger partial charge in [0.15, 0.2) is 5.69 Å². The number of esters is 1. The minimum absolute atomic E-state index is 0.119. The van der Waals surface area contributed by atoms with Gasteiger partial charge in [0, 0.05) is 6.61 Å². The molecule has 1 aromatic rings. The van der Waals surface area contributed by atoms with E-state index in [9.17, 15) is 4.79 Å². The Morgan fingerprint density at radius 2 is 1.89 bits per heavy atom. The van der Waals surface area contributed by atoms with Crippen molar-refractivity contribution in [1.82, 2.24) is 9.97 Å². The Balaban J connectivity index is 2.12. The van der Waals surface area contributed by atoms with Crippen LogP contribution in [0.15, 0.2) is 12.4 Å². The van der Waals surface area contributed by atoms with Crippen LogP contribution in [-0.2, 0) is 14.2 Å². The lowest BCUT2D eigenvalue weighted by molar-refractivity contribution is 0.0160. The molecule has 0 saturated heterocycles. The molecule has 0 N–H and O–H groups in total. The van der Waals surface area contributed by atoms with Crippen LogP contribution in [0.3, 0.4) is 0 Å². The van der Waals surface area contributed by atoms with Gasteiger partial charge in [-0.05, 0) is 6.92 Å². The molecule has 0 amide bonds. The first-order valence-electron chi connectivity index (χ1n) is 5.54. The molecule has 0 aliphatic rings. The standard InChI is InChI=1S/C11H15ClN2O4/c1-2-16-3-4-17-5-6-18-11(15)9-7-14-10(12)8-13-9/h7-8H,2-6H2,1H3. The highest BCUT2D eigenvalue weighted by atomic mass is 35.5. The van der Waals surface area contributed by atoms with Gasteiger partial charge in [-0.3, -0.25) is 0 Å². The second-order valence-electron chi connectivity index (χ2n) is 3.17. The maximum atomic E-state index is 11.4. The van der Waals surface area contributed by atoms with Gasteiger partial charge in [0.25, 0.3) is 0 Å². The molecule has 0 fully saturated rings. The van der Waals surface area contributed by atoms with Crippen LogP contribution in [0.2, 0.25) is 5.15 Å². The van der Waals surface area contributed by atoms with Crippen LogP contribution in [-0.4, -0.2) is 49.0 Å². The SMILES string of the molecule is CCOCCOCCOC(=O)c1cnc(Cl)cn1. The van der Waals surface area contributed by atoms with Crippen molar-refractivity contribution in [2.45, 2.75) is 6.92 Å². The summed E-state index contributed by atoms with van der Waals surface area (Å²) < 4.78 is 15.2. The smallest absolute Gasteiger partial charge is 0.358 e. The lowest BCUT2D eigenvalue weighted by Gasteiger charge is -2.05. The number of ether oxygens (including phenoxy) is 3. The van der Waals surface area contributed by atoms with E-state index >= 15 is 0 Å². The molecule has 0 aliphatic heterocycles. The third-order valence-corrected chi connectivity index (χ3v) is 2.06. The van der Waals surface area contributed by atoms with Gasteiger partial charge in [-0.1, -0.05) is 11.6 Å². The molecule has 18 heavy (non-hydrogen) atoms. The van der Waals surface area contributed by atoms with E-state index in [0.717, 1.165) is 0 Å². The molecule has 0 spiro atoms. The minimum Gasteiger partial charge on any atom is -0.458 e. The number of hydrogen-bond acceptors (Lipinski definition) is 6. The van der Waals surface area contributed by atoms with E-state index in [0.29, 0.717) is 26.4 Å². The molecule has 1 aromatic heterocycles. The Kier molecular flexibility index (Phi) is 7.24. The van der Waals surface area contributed by atoms with E-state index in [4.69, 9.17) is 25.8 Å². The van der Waals surface area contributed by atoms with E-state index in [2.05, 4.69) is 9.97 Å². The lowest BCUT2D eigenvalue weighted by atomic mass is 10.4. The van der Waals surface area contributed by atoms with E-state index in [1.165, 1.54) is 12.4 Å². The molecular weight excluding hydrogens is 260 g/mol. The van der Waals surface area contributed by atoms with Crippen LogP contribution in [0, 0.1) is 0 Å². The van der Waals surface area contributed by atoms with Crippen molar-refractivity contribution in [3.63, 3.8) is 0 Å². The second kappa shape index (κ2) is 8.79. The number of carbonyl (C=O) groups excluding carboxylic acids is 1. The van der Waals surface area contributed by atoms with E-state index in [1.54, 1.807) is 0 Å².